The molecule has 216 valence electrons. The summed E-state index contributed by atoms with van der Waals surface area (Å²) in [5.41, 5.74) is 6.73. The summed E-state index contributed by atoms with van der Waals surface area (Å²) >= 11 is 3.48. The predicted octanol–water partition coefficient (Wildman–Crippen LogP) is 5.85. The lowest BCUT2D eigenvalue weighted by molar-refractivity contribution is -0.160. The Labute approximate surface area is 253 Å². The van der Waals surface area contributed by atoms with Gasteiger partial charge in [-0.05, 0) is 71.7 Å². The van der Waals surface area contributed by atoms with Gasteiger partial charge in [0.05, 0.1) is 11.8 Å². The van der Waals surface area contributed by atoms with Crippen molar-refractivity contribution in [3.63, 3.8) is 0 Å². The van der Waals surface area contributed by atoms with Gasteiger partial charge in [-0.15, -0.1) is 0 Å². The lowest BCUT2D eigenvalue weighted by atomic mass is 9.55. The molecule has 0 saturated carbocycles. The molecule has 7 nitrogen and oxygen atoms in total. The minimum absolute atomic E-state index is 0.000823. The van der Waals surface area contributed by atoms with E-state index in [4.69, 9.17) is 4.74 Å². The highest BCUT2D eigenvalue weighted by molar-refractivity contribution is 9.10. The molecule has 1 N–H and O–H groups in total. The predicted molar refractivity (Wildman–Crippen MR) is 162 cm³/mol. The minimum Gasteiger partial charge on any atom is -0.454 e. The second kappa shape index (κ2) is 10.8. The third kappa shape index (κ3) is 4.56. The summed E-state index contributed by atoms with van der Waals surface area (Å²) < 4.78 is 6.41. The van der Waals surface area contributed by atoms with Crippen molar-refractivity contribution in [3.05, 3.63) is 98.5 Å². The first kappa shape index (κ1) is 28.3. The van der Waals surface area contributed by atoms with Crippen LogP contribution in [0.25, 0.3) is 0 Å². The number of nitrogens with one attached hydrogen (secondary N) is 1. The Kier molecular flexibility index (Phi) is 7.29. The highest BCUT2D eigenvalue weighted by atomic mass is 79.9. The van der Waals surface area contributed by atoms with E-state index < -0.39 is 36.4 Å². The Morgan fingerprint density at radius 1 is 0.857 bits per heavy atom. The molecule has 0 unspecified atom stereocenters. The van der Waals surface area contributed by atoms with E-state index >= 15 is 0 Å². The van der Waals surface area contributed by atoms with E-state index in [1.807, 2.05) is 88.4 Å². The average Bonchev–Trinajstić information content (AvgIpc) is 3.23. The Balaban J connectivity index is 1.26. The van der Waals surface area contributed by atoms with Crippen LogP contribution in [0.2, 0.25) is 0 Å². The van der Waals surface area contributed by atoms with Gasteiger partial charge >= 0.3 is 5.97 Å². The first-order chi connectivity index (χ1) is 20.1. The molecule has 3 atom stereocenters. The van der Waals surface area contributed by atoms with Gasteiger partial charge in [-0.1, -0.05) is 78.3 Å². The van der Waals surface area contributed by atoms with Crippen molar-refractivity contribution >= 4 is 45.3 Å². The number of amides is 3. The van der Waals surface area contributed by atoms with E-state index in [1.54, 1.807) is 0 Å². The molecule has 8 heteroatoms. The largest absolute Gasteiger partial charge is 0.454 e. The van der Waals surface area contributed by atoms with Crippen LogP contribution in [0.3, 0.4) is 0 Å². The summed E-state index contributed by atoms with van der Waals surface area (Å²) in [5.74, 6) is -3.59. The van der Waals surface area contributed by atoms with Crippen LogP contribution >= 0.6 is 15.9 Å². The molecular formula is C34H33BrN2O5. The number of carbonyl (C=O) groups excluding carboxylic acids is 4. The zero-order valence-electron chi connectivity index (χ0n) is 24.0. The van der Waals surface area contributed by atoms with Crippen LogP contribution in [-0.4, -0.2) is 41.2 Å². The summed E-state index contributed by atoms with van der Waals surface area (Å²) in [6.45, 7) is 7.13. The fraction of sp³-hybridized carbons (Fsp3) is 0.353. The number of hydrogen-bond acceptors (Lipinski definition) is 5. The molecule has 7 rings (SSSR count). The second-order valence-corrected chi connectivity index (χ2v) is 12.9. The van der Waals surface area contributed by atoms with Gasteiger partial charge < -0.3 is 10.1 Å². The maximum atomic E-state index is 14.2. The summed E-state index contributed by atoms with van der Waals surface area (Å²) in [7, 11) is 0. The molecule has 3 aromatic carbocycles. The molecule has 1 fully saturated rings. The highest BCUT2D eigenvalue weighted by Gasteiger charge is 2.63. The number of ether oxygens (including phenoxy) is 1. The van der Waals surface area contributed by atoms with Gasteiger partial charge in [0.15, 0.2) is 6.61 Å². The molecule has 0 spiro atoms. The number of nitrogens with zero attached hydrogens (tertiary/aromatic N) is 1. The molecule has 2 bridgehead atoms. The summed E-state index contributed by atoms with van der Waals surface area (Å²) in [5, 5.41) is 2.80. The smallest absolute Gasteiger partial charge is 0.329 e. The third-order valence-electron chi connectivity index (χ3n) is 8.89. The standard InChI is InChI=1S/C34H33BrN2O5/c1-17(2)13-26(34(41)42-16-27(38)36-25-15-18(3)24(35)14-19(25)4)37-32(39)30-28-20-9-5-6-10-21(20)29(31(30)33(37)40)23-12-8-7-11-22(23)28/h5-12,14-15,17,26,28-31H,13,16H2,1-4H3,(H,36,38)/t26-,28?,29?,30-,31-/m0/s1. The van der Waals surface area contributed by atoms with Crippen LogP contribution in [0, 0.1) is 31.6 Å². The Morgan fingerprint density at radius 3 is 1.83 bits per heavy atom. The lowest BCUT2D eigenvalue weighted by Crippen LogP contribution is -2.47. The monoisotopic (exact) mass is 628 g/mol. The molecule has 3 aliphatic carbocycles. The maximum absolute atomic E-state index is 14.2. The van der Waals surface area contributed by atoms with Crippen LogP contribution in [0.4, 0.5) is 5.69 Å². The van der Waals surface area contributed by atoms with Crippen molar-refractivity contribution < 1.29 is 23.9 Å². The molecule has 1 saturated heterocycles. The van der Waals surface area contributed by atoms with Gasteiger partial charge in [-0.25, -0.2) is 4.79 Å². The first-order valence-corrected chi connectivity index (χ1v) is 15.2. The number of carbonyl (C=O) groups is 4. The van der Waals surface area contributed by atoms with Crippen molar-refractivity contribution in [3.8, 4) is 0 Å². The normalized spacial score (nSPS) is 22.5. The van der Waals surface area contributed by atoms with Gasteiger partial charge in [-0.3, -0.25) is 19.3 Å². The van der Waals surface area contributed by atoms with Crippen molar-refractivity contribution in [2.45, 2.75) is 52.0 Å². The highest BCUT2D eigenvalue weighted by Crippen LogP contribution is 2.61. The Bertz CT molecular complexity index is 1520. The SMILES string of the molecule is Cc1cc(NC(=O)COC(=O)[C@H](CC(C)C)N2C(=O)[C@H]3C4c5ccccc5C(c5ccccc54)[C@@H]3C2=O)c(C)cc1Br. The number of aryl methyl sites for hydroxylation is 2. The number of imide groups is 1. The Hall–Kier alpha value is -3.78. The molecule has 42 heavy (non-hydrogen) atoms. The molecule has 3 aromatic rings. The summed E-state index contributed by atoms with van der Waals surface area (Å²) in [6, 6.07) is 18.7. The molecular weight excluding hydrogens is 596 g/mol. The van der Waals surface area contributed by atoms with Crippen molar-refractivity contribution in [2.75, 3.05) is 11.9 Å². The molecule has 4 aliphatic rings. The number of hydrogen-bond donors (Lipinski definition) is 1. The Morgan fingerprint density at radius 2 is 1.36 bits per heavy atom. The maximum Gasteiger partial charge on any atom is 0.329 e. The zero-order valence-corrected chi connectivity index (χ0v) is 25.6. The number of esters is 1. The number of benzene rings is 3. The van der Waals surface area contributed by atoms with E-state index in [-0.39, 0.29) is 36.0 Å². The van der Waals surface area contributed by atoms with Crippen LogP contribution in [0.5, 0.6) is 0 Å². The van der Waals surface area contributed by atoms with Crippen molar-refractivity contribution in [2.24, 2.45) is 17.8 Å². The average molecular weight is 630 g/mol. The summed E-state index contributed by atoms with van der Waals surface area (Å²) in [4.78, 5) is 55.8. The molecule has 1 aliphatic heterocycles. The van der Waals surface area contributed by atoms with E-state index in [2.05, 4.69) is 21.2 Å². The van der Waals surface area contributed by atoms with Crippen molar-refractivity contribution in [1.29, 1.82) is 0 Å². The third-order valence-corrected chi connectivity index (χ3v) is 9.74. The topological polar surface area (TPSA) is 92.8 Å². The first-order valence-electron chi connectivity index (χ1n) is 14.4. The number of halogens is 1. The number of rotatable bonds is 7. The van der Waals surface area contributed by atoms with Gasteiger partial charge in [0.2, 0.25) is 11.8 Å². The quantitative estimate of drug-likeness (QED) is 0.262. The van der Waals surface area contributed by atoms with E-state index in [9.17, 15) is 19.2 Å². The fourth-order valence-corrected chi connectivity index (χ4v) is 7.55. The van der Waals surface area contributed by atoms with Crippen LogP contribution in [0.15, 0.2) is 65.1 Å². The number of anilines is 1. The summed E-state index contributed by atoms with van der Waals surface area (Å²) in [6.07, 6.45) is 0.248. The van der Waals surface area contributed by atoms with Gasteiger partial charge in [0, 0.05) is 22.0 Å². The molecule has 0 radical (unpaired) electrons. The zero-order chi connectivity index (χ0) is 29.9. The second-order valence-electron chi connectivity index (χ2n) is 12.0. The van der Waals surface area contributed by atoms with Crippen LogP contribution in [0.1, 0.15) is 65.5 Å². The lowest BCUT2D eigenvalue weighted by Gasteiger charge is -2.45. The van der Waals surface area contributed by atoms with E-state index in [1.165, 1.54) is 0 Å². The number of likely N-dealkylation sites (tertiary alicyclic amines) is 1. The molecule has 1 heterocycles. The van der Waals surface area contributed by atoms with E-state index in [0.29, 0.717) is 5.69 Å². The van der Waals surface area contributed by atoms with Crippen LogP contribution in [-0.2, 0) is 23.9 Å². The van der Waals surface area contributed by atoms with Gasteiger partial charge in [0.25, 0.3) is 5.91 Å². The van der Waals surface area contributed by atoms with E-state index in [0.717, 1.165) is 42.8 Å². The fourth-order valence-electron chi connectivity index (χ4n) is 7.10. The minimum atomic E-state index is -1.11. The van der Waals surface area contributed by atoms with Gasteiger partial charge in [0.1, 0.15) is 6.04 Å². The van der Waals surface area contributed by atoms with Crippen molar-refractivity contribution in [1.82, 2.24) is 4.90 Å². The molecule has 0 aromatic heterocycles. The van der Waals surface area contributed by atoms with Gasteiger partial charge in [-0.2, -0.15) is 0 Å². The molecule has 3 amide bonds. The van der Waals surface area contributed by atoms with Crippen LogP contribution < -0.4 is 5.32 Å².